The van der Waals surface area contributed by atoms with Gasteiger partial charge in [-0.2, -0.15) is 5.10 Å². The molecule has 0 spiro atoms. The summed E-state index contributed by atoms with van der Waals surface area (Å²) in [6, 6.07) is 13.5. The van der Waals surface area contributed by atoms with Gasteiger partial charge in [-0.1, -0.05) is 23.7 Å². The Balaban J connectivity index is 1.64. The van der Waals surface area contributed by atoms with Crippen LogP contribution in [-0.2, 0) is 13.0 Å². The molecule has 3 aromatic rings. The topological polar surface area (TPSA) is 73.8 Å². The summed E-state index contributed by atoms with van der Waals surface area (Å²) in [4.78, 5) is 4.11. The van der Waals surface area contributed by atoms with Gasteiger partial charge in [-0.15, -0.1) is 0 Å². The second kappa shape index (κ2) is 7.78. The Morgan fingerprint density at radius 2 is 2.04 bits per heavy atom. The van der Waals surface area contributed by atoms with Gasteiger partial charge in [-0.25, -0.2) is 0 Å². The highest BCUT2D eigenvalue weighted by atomic mass is 35.5. The summed E-state index contributed by atoms with van der Waals surface area (Å²) in [5.74, 6) is 0. The zero-order chi connectivity index (χ0) is 17.7. The van der Waals surface area contributed by atoms with Gasteiger partial charge in [0, 0.05) is 40.8 Å². The van der Waals surface area contributed by atoms with Crippen LogP contribution in [0.5, 0.6) is 0 Å². The minimum Gasteiger partial charge on any atom is -0.394 e. The number of hydrogen-bond donors (Lipinski definition) is 3. The van der Waals surface area contributed by atoms with E-state index < -0.39 is 5.54 Å². The van der Waals surface area contributed by atoms with Crippen molar-refractivity contribution in [3.8, 4) is 11.3 Å². The Kier molecular flexibility index (Phi) is 5.48. The van der Waals surface area contributed by atoms with Gasteiger partial charge in [0.15, 0.2) is 0 Å². The summed E-state index contributed by atoms with van der Waals surface area (Å²) in [5.41, 5.74) is 3.46. The van der Waals surface area contributed by atoms with Crippen molar-refractivity contribution in [2.75, 3.05) is 6.61 Å². The van der Waals surface area contributed by atoms with Crippen LogP contribution in [0.25, 0.3) is 11.3 Å². The molecule has 6 heteroatoms. The number of halogens is 1. The molecule has 2 heterocycles. The van der Waals surface area contributed by atoms with Crippen molar-refractivity contribution in [3.63, 3.8) is 0 Å². The lowest BCUT2D eigenvalue weighted by Gasteiger charge is -2.29. The number of aliphatic hydroxyl groups is 1. The number of aromatic amines is 1. The Hall–Kier alpha value is -2.21. The van der Waals surface area contributed by atoms with Crippen LogP contribution in [0.1, 0.15) is 18.2 Å². The maximum atomic E-state index is 9.84. The van der Waals surface area contributed by atoms with Gasteiger partial charge in [-0.3, -0.25) is 10.1 Å². The van der Waals surface area contributed by atoms with Gasteiger partial charge in [0.1, 0.15) is 0 Å². The largest absolute Gasteiger partial charge is 0.394 e. The smallest absolute Gasteiger partial charge is 0.0939 e. The molecule has 0 saturated heterocycles. The fourth-order valence-electron chi connectivity index (χ4n) is 2.65. The number of benzene rings is 1. The second-order valence-electron chi connectivity index (χ2n) is 6.40. The van der Waals surface area contributed by atoms with E-state index >= 15 is 0 Å². The van der Waals surface area contributed by atoms with Gasteiger partial charge in [-0.05, 0) is 49.2 Å². The fourth-order valence-corrected chi connectivity index (χ4v) is 2.78. The van der Waals surface area contributed by atoms with Crippen LogP contribution in [0.3, 0.4) is 0 Å². The van der Waals surface area contributed by atoms with Crippen LogP contribution in [0.4, 0.5) is 0 Å². The molecule has 3 N–H and O–H groups in total. The highest BCUT2D eigenvalue weighted by Crippen LogP contribution is 2.18. The van der Waals surface area contributed by atoms with Crippen molar-refractivity contribution >= 4 is 11.6 Å². The third-order valence-electron chi connectivity index (χ3n) is 4.15. The molecule has 0 amide bonds. The summed E-state index contributed by atoms with van der Waals surface area (Å²) >= 11 is 5.93. The molecule has 1 aromatic carbocycles. The zero-order valence-electron chi connectivity index (χ0n) is 14.0. The molecule has 3 rings (SSSR count). The average Bonchev–Trinajstić information content (AvgIpc) is 3.12. The standard InChI is InChI=1S/C19H21ClN4O/c1-19(13-25,10-14-4-6-16(20)7-5-14)22-12-17-9-18(24-23-17)15-3-2-8-21-11-15/h2-9,11,22,25H,10,12-13H2,1H3,(H,23,24). The highest BCUT2D eigenvalue weighted by Gasteiger charge is 2.23. The number of hydrogen-bond acceptors (Lipinski definition) is 4. The van der Waals surface area contributed by atoms with E-state index in [0.29, 0.717) is 18.0 Å². The van der Waals surface area contributed by atoms with E-state index in [9.17, 15) is 5.11 Å². The summed E-state index contributed by atoms with van der Waals surface area (Å²) in [5, 5.41) is 21.3. The normalized spacial score (nSPS) is 13.6. The average molecular weight is 357 g/mol. The lowest BCUT2D eigenvalue weighted by atomic mass is 9.93. The first-order valence-corrected chi connectivity index (χ1v) is 8.51. The molecule has 0 aliphatic rings. The molecule has 0 aliphatic heterocycles. The first-order valence-electron chi connectivity index (χ1n) is 8.13. The molecule has 0 bridgehead atoms. The Labute approximate surface area is 152 Å². The quantitative estimate of drug-likeness (QED) is 0.607. The van der Waals surface area contributed by atoms with Crippen molar-refractivity contribution in [2.24, 2.45) is 0 Å². The number of nitrogens with zero attached hydrogens (tertiary/aromatic N) is 2. The molecule has 2 aromatic heterocycles. The van der Waals surface area contributed by atoms with Gasteiger partial charge in [0.2, 0.25) is 0 Å². The predicted octanol–water partition coefficient (Wildman–Crippen LogP) is 3.21. The van der Waals surface area contributed by atoms with Crippen molar-refractivity contribution in [1.29, 1.82) is 0 Å². The number of aliphatic hydroxyl groups excluding tert-OH is 1. The van der Waals surface area contributed by atoms with E-state index in [1.165, 1.54) is 0 Å². The maximum absolute atomic E-state index is 9.84. The van der Waals surface area contributed by atoms with Crippen LogP contribution in [-0.4, -0.2) is 32.4 Å². The summed E-state index contributed by atoms with van der Waals surface area (Å²) in [7, 11) is 0. The van der Waals surface area contributed by atoms with Gasteiger partial charge in [0.05, 0.1) is 12.3 Å². The first kappa shape index (κ1) is 17.6. The van der Waals surface area contributed by atoms with Crippen LogP contribution in [0.15, 0.2) is 54.9 Å². The number of H-pyrrole nitrogens is 1. The van der Waals surface area contributed by atoms with E-state index in [2.05, 4.69) is 20.5 Å². The lowest BCUT2D eigenvalue weighted by Crippen LogP contribution is -2.47. The number of aromatic nitrogens is 3. The molecular formula is C19H21ClN4O. The maximum Gasteiger partial charge on any atom is 0.0939 e. The van der Waals surface area contributed by atoms with E-state index in [-0.39, 0.29) is 6.61 Å². The third-order valence-corrected chi connectivity index (χ3v) is 4.40. The van der Waals surface area contributed by atoms with Crippen LogP contribution in [0, 0.1) is 0 Å². The molecule has 25 heavy (non-hydrogen) atoms. The van der Waals surface area contributed by atoms with Crippen LogP contribution >= 0.6 is 11.6 Å². The molecule has 5 nitrogen and oxygen atoms in total. The minimum absolute atomic E-state index is 0.0270. The van der Waals surface area contributed by atoms with Crippen molar-refractivity contribution in [1.82, 2.24) is 20.5 Å². The Bertz CT molecular complexity index is 804. The number of pyridine rings is 1. The number of nitrogens with one attached hydrogen (secondary N) is 2. The molecule has 0 aliphatic carbocycles. The fraction of sp³-hybridized carbons (Fsp3) is 0.263. The molecule has 0 saturated carbocycles. The molecule has 0 fully saturated rings. The third kappa shape index (κ3) is 4.66. The van der Waals surface area contributed by atoms with Crippen molar-refractivity contribution < 1.29 is 5.11 Å². The van der Waals surface area contributed by atoms with Crippen LogP contribution in [0.2, 0.25) is 5.02 Å². The molecule has 1 unspecified atom stereocenters. The summed E-state index contributed by atoms with van der Waals surface area (Å²) in [6.07, 6.45) is 4.22. The molecule has 0 radical (unpaired) electrons. The Morgan fingerprint density at radius 1 is 1.24 bits per heavy atom. The SMILES string of the molecule is CC(CO)(Cc1ccc(Cl)cc1)NCc1cc(-c2cccnc2)n[nH]1. The predicted molar refractivity (Wildman–Crippen MR) is 99.3 cm³/mol. The van der Waals surface area contributed by atoms with Crippen molar-refractivity contribution in [3.05, 3.63) is 71.1 Å². The van der Waals surface area contributed by atoms with E-state index in [1.54, 1.807) is 12.4 Å². The number of rotatable bonds is 7. The van der Waals surface area contributed by atoms with Gasteiger partial charge in [0.25, 0.3) is 0 Å². The summed E-state index contributed by atoms with van der Waals surface area (Å²) < 4.78 is 0. The monoisotopic (exact) mass is 356 g/mol. The van der Waals surface area contributed by atoms with Gasteiger partial charge < -0.3 is 10.4 Å². The second-order valence-corrected chi connectivity index (χ2v) is 6.83. The highest BCUT2D eigenvalue weighted by molar-refractivity contribution is 6.30. The van der Waals surface area contributed by atoms with Gasteiger partial charge >= 0.3 is 0 Å². The van der Waals surface area contributed by atoms with Crippen molar-refractivity contribution in [2.45, 2.75) is 25.4 Å². The minimum atomic E-state index is -0.437. The van der Waals surface area contributed by atoms with Crippen LogP contribution < -0.4 is 5.32 Å². The van der Waals surface area contributed by atoms with E-state index in [4.69, 9.17) is 11.6 Å². The first-order chi connectivity index (χ1) is 12.1. The molecule has 1 atom stereocenters. The molecular weight excluding hydrogens is 336 g/mol. The molecule has 130 valence electrons. The lowest BCUT2D eigenvalue weighted by molar-refractivity contribution is 0.172. The Morgan fingerprint density at radius 3 is 2.72 bits per heavy atom. The van der Waals surface area contributed by atoms with E-state index in [1.807, 2.05) is 49.4 Å². The van der Waals surface area contributed by atoms with E-state index in [0.717, 1.165) is 22.5 Å². The summed E-state index contributed by atoms with van der Waals surface area (Å²) in [6.45, 7) is 2.61. The zero-order valence-corrected chi connectivity index (χ0v) is 14.8.